The summed E-state index contributed by atoms with van der Waals surface area (Å²) in [6.07, 6.45) is 3.36. The van der Waals surface area contributed by atoms with Gasteiger partial charge < -0.3 is 10.5 Å². The Hall–Kier alpha value is -2.75. The number of aromatic nitrogens is 3. The molecule has 2 aromatic rings. The van der Waals surface area contributed by atoms with Crippen LogP contribution in [-0.4, -0.2) is 32.5 Å². The molecule has 2 N–H and O–H groups in total. The summed E-state index contributed by atoms with van der Waals surface area (Å²) in [5.41, 5.74) is 4.18. The van der Waals surface area contributed by atoms with E-state index >= 15 is 0 Å². The van der Waals surface area contributed by atoms with Gasteiger partial charge in [-0.05, 0) is 28.4 Å². The van der Waals surface area contributed by atoms with E-state index in [1.54, 1.807) is 0 Å². The first kappa shape index (κ1) is 19.6. The Labute approximate surface area is 156 Å². The Balaban J connectivity index is 2.29. The van der Waals surface area contributed by atoms with E-state index in [-0.39, 0.29) is 23.5 Å². The highest BCUT2D eigenvalue weighted by Crippen LogP contribution is 2.11. The Kier molecular flexibility index (Phi) is 6.09. The molecule has 2 aromatic heterocycles. The lowest BCUT2D eigenvalue weighted by molar-refractivity contribution is 0.0473. The standard InChI is InChI=1S/C16H17BrN4O5/c1-3-4-21-13(18)12(14(23)20(2)16(21)25)11(22)8-26-15(24)9-5-10(17)7-19-6-9/h5-7H,3-4,8,18H2,1-2H3. The van der Waals surface area contributed by atoms with Gasteiger partial charge in [0.05, 0.1) is 5.56 Å². The largest absolute Gasteiger partial charge is 0.454 e. The monoisotopic (exact) mass is 424 g/mol. The molecule has 0 aromatic carbocycles. The molecule has 0 radical (unpaired) electrons. The quantitative estimate of drug-likeness (QED) is 0.534. The number of Topliss-reactive ketones (excluding diaryl/α,β-unsaturated/α-hetero) is 1. The van der Waals surface area contributed by atoms with E-state index in [1.165, 1.54) is 25.5 Å². The fourth-order valence-electron chi connectivity index (χ4n) is 2.30. The van der Waals surface area contributed by atoms with Crippen molar-refractivity contribution < 1.29 is 14.3 Å². The number of carbonyl (C=O) groups is 2. The van der Waals surface area contributed by atoms with Crippen molar-refractivity contribution in [2.45, 2.75) is 19.9 Å². The molecular weight excluding hydrogens is 408 g/mol. The van der Waals surface area contributed by atoms with Crippen molar-refractivity contribution in [3.05, 3.63) is 54.9 Å². The molecule has 0 saturated carbocycles. The summed E-state index contributed by atoms with van der Waals surface area (Å²) >= 11 is 3.17. The minimum Gasteiger partial charge on any atom is -0.454 e. The molecule has 9 nitrogen and oxygen atoms in total. The maximum Gasteiger partial charge on any atom is 0.340 e. The summed E-state index contributed by atoms with van der Waals surface area (Å²) in [7, 11) is 1.26. The molecule has 0 unspecified atom stereocenters. The van der Waals surface area contributed by atoms with Crippen LogP contribution in [0.15, 0.2) is 32.5 Å². The predicted octanol–water partition coefficient (Wildman–Crippen LogP) is 0.736. The Morgan fingerprint density at radius 2 is 2.00 bits per heavy atom. The van der Waals surface area contributed by atoms with Crippen LogP contribution >= 0.6 is 15.9 Å². The van der Waals surface area contributed by atoms with Crippen LogP contribution in [0.3, 0.4) is 0 Å². The van der Waals surface area contributed by atoms with Crippen molar-refractivity contribution >= 4 is 33.5 Å². The fourth-order valence-corrected chi connectivity index (χ4v) is 2.66. The molecule has 0 aliphatic heterocycles. The van der Waals surface area contributed by atoms with Gasteiger partial charge in [0.2, 0.25) is 5.78 Å². The molecular formula is C16H17BrN4O5. The SMILES string of the molecule is CCCn1c(N)c(C(=O)COC(=O)c2cncc(Br)c2)c(=O)n(C)c1=O. The van der Waals surface area contributed by atoms with Crippen molar-refractivity contribution in [2.24, 2.45) is 7.05 Å². The Morgan fingerprint density at radius 3 is 2.62 bits per heavy atom. The van der Waals surface area contributed by atoms with Crippen LogP contribution < -0.4 is 17.0 Å². The highest BCUT2D eigenvalue weighted by atomic mass is 79.9. The zero-order valence-electron chi connectivity index (χ0n) is 14.2. The normalized spacial score (nSPS) is 10.6. The zero-order chi connectivity index (χ0) is 19.4. The van der Waals surface area contributed by atoms with E-state index in [9.17, 15) is 19.2 Å². The van der Waals surface area contributed by atoms with Gasteiger partial charge in [0, 0.05) is 30.5 Å². The number of ether oxygens (including phenoxy) is 1. The summed E-state index contributed by atoms with van der Waals surface area (Å²) < 4.78 is 7.46. The third-order valence-electron chi connectivity index (χ3n) is 3.58. The van der Waals surface area contributed by atoms with E-state index in [1.807, 2.05) is 6.92 Å². The molecule has 0 aliphatic rings. The summed E-state index contributed by atoms with van der Waals surface area (Å²) in [6, 6.07) is 1.48. The van der Waals surface area contributed by atoms with Gasteiger partial charge >= 0.3 is 11.7 Å². The number of pyridine rings is 1. The van der Waals surface area contributed by atoms with E-state index in [4.69, 9.17) is 10.5 Å². The minimum absolute atomic E-state index is 0.143. The number of carbonyl (C=O) groups excluding carboxylic acids is 2. The molecule has 0 amide bonds. The number of nitrogens with two attached hydrogens (primary N) is 1. The van der Waals surface area contributed by atoms with Crippen LogP contribution in [0, 0.1) is 0 Å². The second kappa shape index (κ2) is 8.09. The van der Waals surface area contributed by atoms with Crippen LogP contribution in [0.4, 0.5) is 5.82 Å². The molecule has 0 aliphatic carbocycles. The van der Waals surface area contributed by atoms with Crippen molar-refractivity contribution in [1.29, 1.82) is 0 Å². The summed E-state index contributed by atoms with van der Waals surface area (Å²) in [4.78, 5) is 52.6. The lowest BCUT2D eigenvalue weighted by Crippen LogP contribution is -2.43. The molecule has 0 saturated heterocycles. The number of hydrogen-bond donors (Lipinski definition) is 1. The summed E-state index contributed by atoms with van der Waals surface area (Å²) in [5, 5.41) is 0. The number of nitrogen functional groups attached to an aromatic ring is 1. The first-order valence-electron chi connectivity index (χ1n) is 7.68. The van der Waals surface area contributed by atoms with Crippen molar-refractivity contribution in [1.82, 2.24) is 14.1 Å². The van der Waals surface area contributed by atoms with Gasteiger partial charge in [-0.15, -0.1) is 0 Å². The molecule has 0 fully saturated rings. The topological polar surface area (TPSA) is 126 Å². The van der Waals surface area contributed by atoms with Crippen LogP contribution in [0.5, 0.6) is 0 Å². The third-order valence-corrected chi connectivity index (χ3v) is 4.02. The first-order valence-corrected chi connectivity index (χ1v) is 8.47. The number of halogens is 1. The number of ketones is 1. The molecule has 138 valence electrons. The van der Waals surface area contributed by atoms with Crippen molar-refractivity contribution in [3.63, 3.8) is 0 Å². The number of hydrogen-bond acceptors (Lipinski definition) is 7. The molecule has 0 bridgehead atoms. The highest BCUT2D eigenvalue weighted by molar-refractivity contribution is 9.10. The fraction of sp³-hybridized carbons (Fsp3) is 0.312. The Morgan fingerprint density at radius 1 is 1.31 bits per heavy atom. The summed E-state index contributed by atoms with van der Waals surface area (Å²) in [5.74, 6) is -1.79. The average molecular weight is 425 g/mol. The van der Waals surface area contributed by atoms with Crippen LogP contribution in [0.25, 0.3) is 0 Å². The smallest absolute Gasteiger partial charge is 0.340 e. The lowest BCUT2D eigenvalue weighted by Gasteiger charge is -2.13. The minimum atomic E-state index is -0.829. The number of anilines is 1. The molecule has 2 heterocycles. The maximum absolute atomic E-state index is 12.4. The van der Waals surface area contributed by atoms with Crippen molar-refractivity contribution in [3.8, 4) is 0 Å². The van der Waals surface area contributed by atoms with Gasteiger partial charge in [0.1, 0.15) is 11.4 Å². The van der Waals surface area contributed by atoms with Gasteiger partial charge in [-0.1, -0.05) is 6.92 Å². The molecule has 2 rings (SSSR count). The number of esters is 1. The van der Waals surface area contributed by atoms with Gasteiger partial charge in [0.15, 0.2) is 6.61 Å². The lowest BCUT2D eigenvalue weighted by atomic mass is 10.2. The maximum atomic E-state index is 12.4. The predicted molar refractivity (Wildman–Crippen MR) is 97.2 cm³/mol. The second-order valence-corrected chi connectivity index (χ2v) is 6.37. The van der Waals surface area contributed by atoms with E-state index in [0.29, 0.717) is 10.9 Å². The first-order chi connectivity index (χ1) is 12.3. The molecule has 26 heavy (non-hydrogen) atoms. The highest BCUT2D eigenvalue weighted by Gasteiger charge is 2.22. The zero-order valence-corrected chi connectivity index (χ0v) is 15.8. The van der Waals surface area contributed by atoms with E-state index in [2.05, 4.69) is 20.9 Å². The van der Waals surface area contributed by atoms with E-state index < -0.39 is 29.6 Å². The Bertz CT molecular complexity index is 980. The van der Waals surface area contributed by atoms with Crippen LogP contribution in [-0.2, 0) is 18.3 Å². The molecule has 10 heteroatoms. The van der Waals surface area contributed by atoms with Gasteiger partial charge in [-0.3, -0.25) is 23.7 Å². The van der Waals surface area contributed by atoms with Crippen LogP contribution in [0.2, 0.25) is 0 Å². The van der Waals surface area contributed by atoms with E-state index in [0.717, 1.165) is 9.13 Å². The average Bonchev–Trinajstić information content (AvgIpc) is 2.61. The molecule has 0 spiro atoms. The molecule has 0 atom stereocenters. The third kappa shape index (κ3) is 3.90. The second-order valence-electron chi connectivity index (χ2n) is 5.45. The van der Waals surface area contributed by atoms with Gasteiger partial charge in [0.25, 0.3) is 5.56 Å². The van der Waals surface area contributed by atoms with Gasteiger partial charge in [-0.2, -0.15) is 0 Å². The summed E-state index contributed by atoms with van der Waals surface area (Å²) in [6.45, 7) is 1.39. The van der Waals surface area contributed by atoms with Crippen LogP contribution in [0.1, 0.15) is 34.1 Å². The van der Waals surface area contributed by atoms with Gasteiger partial charge in [-0.25, -0.2) is 9.59 Å². The number of rotatable bonds is 6. The van der Waals surface area contributed by atoms with Crippen molar-refractivity contribution in [2.75, 3.05) is 12.3 Å². The number of nitrogens with zero attached hydrogens (tertiary/aromatic N) is 3.